The number of rotatable bonds is 6. The Hall–Kier alpha value is -3.36. The Bertz CT molecular complexity index is 1320. The van der Waals surface area contributed by atoms with Crippen molar-refractivity contribution in [1.29, 1.82) is 0 Å². The maximum Gasteiger partial charge on any atom is 0.273 e. The van der Waals surface area contributed by atoms with Crippen molar-refractivity contribution in [3.05, 3.63) is 81.1 Å². The number of nitrogen functional groups attached to an aromatic ring is 1. The summed E-state index contributed by atoms with van der Waals surface area (Å²) in [5.74, 6) is -1.65. The van der Waals surface area contributed by atoms with Gasteiger partial charge >= 0.3 is 0 Å². The number of fused-ring (bicyclic) bond motifs is 1. The molecule has 32 heavy (non-hydrogen) atoms. The zero-order valence-corrected chi connectivity index (χ0v) is 18.7. The van der Waals surface area contributed by atoms with Gasteiger partial charge in [0.05, 0.1) is 23.2 Å². The van der Waals surface area contributed by atoms with Gasteiger partial charge in [-0.3, -0.25) is 9.59 Å². The zero-order valence-electron chi connectivity index (χ0n) is 17.2. The number of nitrogens with zero attached hydrogens (tertiary/aromatic N) is 5. The Morgan fingerprint density at radius 2 is 1.28 bits per heavy atom. The van der Waals surface area contributed by atoms with Gasteiger partial charge in [0.2, 0.25) is 5.95 Å². The Morgan fingerprint density at radius 1 is 0.812 bits per heavy atom. The molecule has 2 aromatic heterocycles. The van der Waals surface area contributed by atoms with Crippen LogP contribution in [-0.4, -0.2) is 36.4 Å². The summed E-state index contributed by atoms with van der Waals surface area (Å²) >= 11 is 11.9. The lowest BCUT2D eigenvalue weighted by Gasteiger charge is -2.18. The average Bonchev–Trinajstić information content (AvgIpc) is 3.17. The summed E-state index contributed by atoms with van der Waals surface area (Å²) in [5.41, 5.74) is 7.43. The van der Waals surface area contributed by atoms with Crippen molar-refractivity contribution in [2.75, 3.05) is 5.73 Å². The SMILES string of the molecule is C[C@H](C(=O)c1ccc(Cl)cc1)c1nn2c(N)nnc2nc1[C@@H](C)C(=O)c1ccc(Cl)cc1. The van der Waals surface area contributed by atoms with Crippen molar-refractivity contribution < 1.29 is 9.59 Å². The monoisotopic (exact) mass is 468 g/mol. The summed E-state index contributed by atoms with van der Waals surface area (Å²) in [6.45, 7) is 3.41. The summed E-state index contributed by atoms with van der Waals surface area (Å²) in [7, 11) is 0. The van der Waals surface area contributed by atoms with E-state index in [0.717, 1.165) is 0 Å². The van der Waals surface area contributed by atoms with Crippen LogP contribution >= 0.6 is 23.2 Å². The number of nitrogens with two attached hydrogens (primary N) is 1. The standard InChI is InChI=1S/C22H18Cl2N6O2/c1-11(19(31)13-3-7-15(23)8-4-13)17-18(29-30-21(25)27-28-22(30)26-17)12(2)20(32)14-5-9-16(24)10-6-14/h3-12H,1-2H3,(H2,25,27)/t11-,12+/m1/s1. The largest absolute Gasteiger partial charge is 0.366 e. The van der Waals surface area contributed by atoms with Crippen LogP contribution in [0.1, 0.15) is 57.8 Å². The van der Waals surface area contributed by atoms with Crippen LogP contribution in [0.4, 0.5) is 5.95 Å². The second-order valence-corrected chi connectivity index (χ2v) is 8.21. The number of anilines is 1. The number of Topliss-reactive ketones (excluding diaryl/α,β-unsaturated/α-hetero) is 2. The molecule has 8 nitrogen and oxygen atoms in total. The van der Waals surface area contributed by atoms with Crippen LogP contribution in [0.25, 0.3) is 5.78 Å². The fraction of sp³-hybridized carbons (Fsp3) is 0.182. The first-order chi connectivity index (χ1) is 15.3. The molecule has 0 aliphatic carbocycles. The first-order valence-corrected chi connectivity index (χ1v) is 10.5. The number of benzene rings is 2. The molecule has 162 valence electrons. The number of ketones is 2. The summed E-state index contributed by atoms with van der Waals surface area (Å²) in [5, 5.41) is 13.2. The average molecular weight is 469 g/mol. The predicted molar refractivity (Wildman–Crippen MR) is 121 cm³/mol. The second-order valence-electron chi connectivity index (χ2n) is 7.34. The molecule has 0 radical (unpaired) electrons. The van der Waals surface area contributed by atoms with E-state index < -0.39 is 11.8 Å². The minimum absolute atomic E-state index is 0.0307. The fourth-order valence-corrected chi connectivity index (χ4v) is 3.63. The Labute approximate surface area is 193 Å². The summed E-state index contributed by atoms with van der Waals surface area (Å²) in [6.07, 6.45) is 0. The van der Waals surface area contributed by atoms with E-state index in [1.165, 1.54) is 4.52 Å². The minimum atomic E-state index is -0.717. The van der Waals surface area contributed by atoms with Gasteiger partial charge in [0, 0.05) is 21.2 Å². The Kier molecular flexibility index (Phi) is 5.90. The normalized spacial score (nSPS) is 13.1. The zero-order chi connectivity index (χ0) is 23.0. The van der Waals surface area contributed by atoms with Gasteiger partial charge in [-0.1, -0.05) is 23.2 Å². The number of carbonyl (C=O) groups excluding carboxylic acids is 2. The van der Waals surface area contributed by atoms with Crippen LogP contribution in [0.2, 0.25) is 10.0 Å². The highest BCUT2D eigenvalue weighted by atomic mass is 35.5. The van der Waals surface area contributed by atoms with E-state index in [1.54, 1.807) is 62.4 Å². The van der Waals surface area contributed by atoms with Crippen LogP contribution in [-0.2, 0) is 0 Å². The van der Waals surface area contributed by atoms with Crippen LogP contribution in [0.3, 0.4) is 0 Å². The quantitative estimate of drug-likeness (QED) is 0.417. The van der Waals surface area contributed by atoms with Crippen molar-refractivity contribution >= 4 is 46.5 Å². The molecule has 0 amide bonds. The van der Waals surface area contributed by atoms with E-state index in [0.29, 0.717) is 32.6 Å². The topological polar surface area (TPSA) is 116 Å². The summed E-state index contributed by atoms with van der Waals surface area (Å²) < 4.78 is 1.25. The molecule has 0 bridgehead atoms. The maximum absolute atomic E-state index is 13.2. The van der Waals surface area contributed by atoms with E-state index >= 15 is 0 Å². The molecule has 2 N–H and O–H groups in total. The lowest BCUT2D eigenvalue weighted by Crippen LogP contribution is -2.21. The van der Waals surface area contributed by atoms with Crippen molar-refractivity contribution in [2.45, 2.75) is 25.7 Å². The lowest BCUT2D eigenvalue weighted by molar-refractivity contribution is 0.0946. The molecule has 4 rings (SSSR count). The number of aromatic nitrogens is 5. The molecule has 0 aliphatic heterocycles. The lowest BCUT2D eigenvalue weighted by atomic mass is 9.89. The van der Waals surface area contributed by atoms with Gasteiger partial charge in [0.15, 0.2) is 11.6 Å². The number of hydrogen-bond acceptors (Lipinski definition) is 7. The van der Waals surface area contributed by atoms with Gasteiger partial charge in [-0.15, -0.1) is 10.2 Å². The first-order valence-electron chi connectivity index (χ1n) is 9.74. The number of carbonyl (C=O) groups is 2. The van der Waals surface area contributed by atoms with Crippen LogP contribution < -0.4 is 5.73 Å². The third-order valence-electron chi connectivity index (χ3n) is 5.20. The van der Waals surface area contributed by atoms with Crippen molar-refractivity contribution in [3.63, 3.8) is 0 Å². The Balaban J connectivity index is 1.80. The predicted octanol–water partition coefficient (Wildman–Crippen LogP) is 4.38. The van der Waals surface area contributed by atoms with Gasteiger partial charge in [0.25, 0.3) is 5.78 Å². The van der Waals surface area contributed by atoms with Gasteiger partial charge < -0.3 is 5.73 Å². The highest BCUT2D eigenvalue weighted by molar-refractivity contribution is 6.31. The molecule has 0 aliphatic rings. The molecule has 0 saturated heterocycles. The van der Waals surface area contributed by atoms with Crippen molar-refractivity contribution in [2.24, 2.45) is 0 Å². The van der Waals surface area contributed by atoms with Gasteiger partial charge in [-0.2, -0.15) is 9.61 Å². The van der Waals surface area contributed by atoms with Crippen LogP contribution in [0.15, 0.2) is 48.5 Å². The van der Waals surface area contributed by atoms with E-state index in [9.17, 15) is 9.59 Å². The molecule has 2 aromatic carbocycles. The van der Waals surface area contributed by atoms with Gasteiger partial charge in [-0.25, -0.2) is 4.98 Å². The molecule has 10 heteroatoms. The smallest absolute Gasteiger partial charge is 0.273 e. The third kappa shape index (κ3) is 4.06. The van der Waals surface area contributed by atoms with Crippen molar-refractivity contribution in [3.8, 4) is 0 Å². The van der Waals surface area contributed by atoms with Gasteiger partial charge in [0.1, 0.15) is 0 Å². The maximum atomic E-state index is 13.2. The van der Waals surface area contributed by atoms with Crippen LogP contribution in [0.5, 0.6) is 0 Å². The third-order valence-corrected chi connectivity index (χ3v) is 5.71. The van der Waals surface area contributed by atoms with Crippen LogP contribution in [0, 0.1) is 0 Å². The van der Waals surface area contributed by atoms with Crippen molar-refractivity contribution in [1.82, 2.24) is 24.8 Å². The first kappa shape index (κ1) is 21.9. The molecule has 2 heterocycles. The molecule has 0 fully saturated rings. The molecule has 0 unspecified atom stereocenters. The number of halogens is 2. The highest BCUT2D eigenvalue weighted by Crippen LogP contribution is 2.29. The van der Waals surface area contributed by atoms with E-state index in [1.807, 2.05) is 0 Å². The summed E-state index contributed by atoms with van der Waals surface area (Å²) in [4.78, 5) is 30.9. The van der Waals surface area contributed by atoms with E-state index in [4.69, 9.17) is 28.9 Å². The highest BCUT2D eigenvalue weighted by Gasteiger charge is 2.30. The molecule has 2 atom stereocenters. The van der Waals surface area contributed by atoms with Gasteiger partial charge in [-0.05, 0) is 62.4 Å². The molecule has 0 saturated carbocycles. The second kappa shape index (κ2) is 8.64. The van der Waals surface area contributed by atoms with E-state index in [2.05, 4.69) is 20.3 Å². The molecular formula is C22H18Cl2N6O2. The van der Waals surface area contributed by atoms with E-state index in [-0.39, 0.29) is 23.3 Å². The molecular weight excluding hydrogens is 451 g/mol. The molecule has 4 aromatic rings. The summed E-state index contributed by atoms with van der Waals surface area (Å²) in [6, 6.07) is 13.1. The fourth-order valence-electron chi connectivity index (χ4n) is 3.38. The molecule has 0 spiro atoms. The Morgan fingerprint density at radius 3 is 1.78 bits per heavy atom. The minimum Gasteiger partial charge on any atom is -0.366 e. The number of hydrogen-bond donors (Lipinski definition) is 1.